The van der Waals surface area contributed by atoms with Gasteiger partial charge in [0.1, 0.15) is 0 Å². The van der Waals surface area contributed by atoms with Crippen LogP contribution in [0.4, 0.5) is 5.69 Å². The average Bonchev–Trinajstić information content (AvgIpc) is 3.02. The van der Waals surface area contributed by atoms with Crippen LogP contribution in [0, 0.1) is 40.4 Å². The van der Waals surface area contributed by atoms with Crippen molar-refractivity contribution >= 4 is 13.6 Å². The highest BCUT2D eigenvalue weighted by molar-refractivity contribution is 7.61. The summed E-state index contributed by atoms with van der Waals surface area (Å²) >= 11 is 0. The van der Waals surface area contributed by atoms with Gasteiger partial charge in [-0.05, 0) is 125 Å². The molecule has 10 rings (SSSR count). The first-order valence-corrected chi connectivity index (χ1v) is 19.8. The lowest BCUT2D eigenvalue weighted by atomic mass is 9.18. The van der Waals surface area contributed by atoms with Gasteiger partial charge in [-0.1, -0.05) is 100 Å². The molecule has 3 aromatic carbocycles. The lowest BCUT2D eigenvalue weighted by molar-refractivity contribution is -0.362. The molecule has 3 aromatic rings. The first-order valence-electron chi connectivity index (χ1n) is 18.3. The van der Waals surface area contributed by atoms with Gasteiger partial charge in [-0.15, -0.1) is 0 Å². The van der Waals surface area contributed by atoms with Gasteiger partial charge in [-0.25, -0.2) is 5.43 Å². The third kappa shape index (κ3) is 3.39. The second-order valence-corrected chi connectivity index (χ2v) is 19.2. The van der Waals surface area contributed by atoms with E-state index in [1.165, 1.54) is 35.9 Å². The molecule has 0 aromatic heterocycles. The molecular weight excluding hydrogens is 565 g/mol. The van der Waals surface area contributed by atoms with Gasteiger partial charge in [0, 0.05) is 12.8 Å². The molecule has 2 N–H and O–H groups in total. The molecule has 8 atom stereocenters. The Hall–Kier alpha value is -2.19. The zero-order valence-corrected chi connectivity index (χ0v) is 27.9. The second-order valence-electron chi connectivity index (χ2n) is 16.3. The molecule has 0 aliphatic heterocycles. The predicted molar refractivity (Wildman–Crippen MR) is 186 cm³/mol. The fourth-order valence-electron chi connectivity index (χ4n) is 13.7. The van der Waals surface area contributed by atoms with E-state index in [4.69, 9.17) is 0 Å². The molecule has 7 aliphatic rings. The molecule has 0 radical (unpaired) electrons. The van der Waals surface area contributed by atoms with Crippen LogP contribution in [0.3, 0.4) is 0 Å². The molecule has 0 saturated heterocycles. The van der Waals surface area contributed by atoms with E-state index in [0.717, 1.165) is 63.8 Å². The van der Waals surface area contributed by atoms with Crippen LogP contribution in [0.2, 0.25) is 0 Å². The Kier molecular flexibility index (Phi) is 6.14. The molecular formula is C41H50N3P. The van der Waals surface area contributed by atoms with E-state index in [2.05, 4.69) is 114 Å². The molecule has 7 aliphatic carbocycles. The number of anilines is 1. The number of hydrazine groups is 1. The standard InChI is InChI=1S/C41H50N3P/c1-2-31-22-38(23-32-18-19-40(31,32)38)45(39-24-34-20-33-21-35(25-39)41(33,34)39)28-42-26-37(30-14-8-4-9-15-30)43-44(36-16-10-5-11-17-36)27-29-12-6-3-7-13-29/h3-17,31-35,37,42-43H,2,18-28H2,1H3. The number of benzene rings is 3. The number of nitrogens with zero attached hydrogens (tertiary/aromatic N) is 1. The molecule has 7 saturated carbocycles. The molecule has 0 bridgehead atoms. The number of rotatable bonds is 13. The third-order valence-electron chi connectivity index (χ3n) is 15.4. The monoisotopic (exact) mass is 615 g/mol. The van der Waals surface area contributed by atoms with Crippen molar-refractivity contribution in [1.82, 2.24) is 10.7 Å². The van der Waals surface area contributed by atoms with Crippen molar-refractivity contribution < 1.29 is 0 Å². The van der Waals surface area contributed by atoms with Gasteiger partial charge in [0.2, 0.25) is 0 Å². The van der Waals surface area contributed by atoms with Crippen molar-refractivity contribution in [2.24, 2.45) is 40.4 Å². The third-order valence-corrected chi connectivity index (χ3v) is 19.6. The summed E-state index contributed by atoms with van der Waals surface area (Å²) in [7, 11) is -0.0113. The summed E-state index contributed by atoms with van der Waals surface area (Å²) < 4.78 is 0. The summed E-state index contributed by atoms with van der Waals surface area (Å²) in [6.07, 6.45) is 15.4. The molecule has 7 fully saturated rings. The van der Waals surface area contributed by atoms with E-state index in [9.17, 15) is 0 Å². The van der Waals surface area contributed by atoms with Gasteiger partial charge >= 0.3 is 0 Å². The van der Waals surface area contributed by atoms with Crippen molar-refractivity contribution in [2.45, 2.75) is 87.6 Å². The first kappa shape index (κ1) is 27.9. The molecule has 45 heavy (non-hydrogen) atoms. The van der Waals surface area contributed by atoms with Gasteiger partial charge in [-0.2, -0.15) is 0 Å². The smallest absolute Gasteiger partial charge is 0.0637 e. The number of hydrogen-bond acceptors (Lipinski definition) is 3. The van der Waals surface area contributed by atoms with Crippen molar-refractivity contribution in [2.75, 3.05) is 17.8 Å². The highest BCUT2D eigenvalue weighted by atomic mass is 31.1. The topological polar surface area (TPSA) is 27.3 Å². The minimum atomic E-state index is -0.0113. The van der Waals surface area contributed by atoms with Crippen LogP contribution in [0.1, 0.15) is 81.9 Å². The lowest BCUT2D eigenvalue weighted by Gasteiger charge is -2.96. The summed E-state index contributed by atoms with van der Waals surface area (Å²) in [4.78, 5) is 0. The second kappa shape index (κ2) is 9.91. The number of para-hydroxylation sites is 1. The Morgan fingerprint density at radius 3 is 2.04 bits per heavy atom. The van der Waals surface area contributed by atoms with Crippen molar-refractivity contribution in [3.05, 3.63) is 102 Å². The predicted octanol–water partition coefficient (Wildman–Crippen LogP) is 9.13. The van der Waals surface area contributed by atoms with Gasteiger partial charge < -0.3 is 10.3 Å². The maximum absolute atomic E-state index is 4.28. The fraction of sp³-hybridized carbons (Fsp3) is 0.561. The Morgan fingerprint density at radius 1 is 0.778 bits per heavy atom. The van der Waals surface area contributed by atoms with E-state index in [0.29, 0.717) is 0 Å². The first-order chi connectivity index (χ1) is 22.1. The Bertz CT molecular complexity index is 1540. The summed E-state index contributed by atoms with van der Waals surface area (Å²) in [5.74, 6) is 5.45. The van der Waals surface area contributed by atoms with E-state index in [1.54, 1.807) is 44.9 Å². The zero-order chi connectivity index (χ0) is 29.9. The van der Waals surface area contributed by atoms with Crippen molar-refractivity contribution in [3.8, 4) is 0 Å². The summed E-state index contributed by atoms with van der Waals surface area (Å²) in [5, 5.41) is 8.13. The summed E-state index contributed by atoms with van der Waals surface area (Å²) in [6, 6.07) is 33.3. The molecule has 0 amide bonds. The maximum Gasteiger partial charge on any atom is 0.0637 e. The zero-order valence-electron chi connectivity index (χ0n) is 27.0. The van der Waals surface area contributed by atoms with Crippen LogP contribution in [-0.2, 0) is 6.54 Å². The Morgan fingerprint density at radius 2 is 1.44 bits per heavy atom. The maximum atomic E-state index is 4.28. The van der Waals surface area contributed by atoms with Gasteiger partial charge in [-0.3, -0.25) is 0 Å². The van der Waals surface area contributed by atoms with Crippen LogP contribution in [0.15, 0.2) is 91.0 Å². The van der Waals surface area contributed by atoms with E-state index < -0.39 is 0 Å². The quantitative estimate of drug-likeness (QED) is 0.148. The fourth-order valence-corrected chi connectivity index (χ4v) is 19.2. The van der Waals surface area contributed by atoms with E-state index in [-0.39, 0.29) is 14.0 Å². The minimum absolute atomic E-state index is 0.0113. The molecule has 2 spiro atoms. The SMILES string of the molecule is CCC1CC2(P(CNCC(NN(Cc3ccccc3)c3ccccc3)c3ccccc3)C34CC5CC6CC(C3)C654)CC3CCC132. The normalized spacial score (nSPS) is 41.7. The summed E-state index contributed by atoms with van der Waals surface area (Å²) in [5.41, 5.74) is 9.56. The molecule has 4 heteroatoms. The number of nitrogens with one attached hydrogen (secondary N) is 2. The van der Waals surface area contributed by atoms with Crippen LogP contribution in [-0.4, -0.2) is 23.1 Å². The van der Waals surface area contributed by atoms with E-state index >= 15 is 0 Å². The Balaban J connectivity index is 0.932. The highest BCUT2D eigenvalue weighted by Gasteiger charge is 2.92. The number of hydrogen-bond donors (Lipinski definition) is 2. The molecule has 3 nitrogen and oxygen atoms in total. The molecule has 0 heterocycles. The minimum Gasteiger partial charge on any atom is -0.311 e. The van der Waals surface area contributed by atoms with E-state index in [1.807, 2.05) is 0 Å². The van der Waals surface area contributed by atoms with Crippen LogP contribution in [0.25, 0.3) is 0 Å². The molecule has 8 unspecified atom stereocenters. The van der Waals surface area contributed by atoms with Gasteiger partial charge in [0.15, 0.2) is 0 Å². The lowest BCUT2D eigenvalue weighted by Crippen LogP contribution is -2.90. The average molecular weight is 616 g/mol. The van der Waals surface area contributed by atoms with Crippen LogP contribution >= 0.6 is 7.92 Å². The van der Waals surface area contributed by atoms with Gasteiger partial charge in [0.05, 0.1) is 18.3 Å². The van der Waals surface area contributed by atoms with Gasteiger partial charge in [0.25, 0.3) is 0 Å². The van der Waals surface area contributed by atoms with Crippen LogP contribution < -0.4 is 15.8 Å². The van der Waals surface area contributed by atoms with Crippen molar-refractivity contribution in [1.29, 1.82) is 0 Å². The Labute approximate surface area is 271 Å². The van der Waals surface area contributed by atoms with Crippen molar-refractivity contribution in [3.63, 3.8) is 0 Å². The highest BCUT2D eigenvalue weighted by Crippen LogP contribution is 3.01. The summed E-state index contributed by atoms with van der Waals surface area (Å²) in [6.45, 7) is 4.32. The molecule has 234 valence electrons. The largest absolute Gasteiger partial charge is 0.311 e. The van der Waals surface area contributed by atoms with Crippen LogP contribution in [0.5, 0.6) is 0 Å².